The lowest BCUT2D eigenvalue weighted by atomic mass is 9.77. The van der Waals surface area contributed by atoms with E-state index in [1.54, 1.807) is 7.11 Å². The first-order chi connectivity index (χ1) is 17.0. The van der Waals surface area contributed by atoms with Crippen LogP contribution in [0.5, 0.6) is 17.4 Å². The first-order valence-corrected chi connectivity index (χ1v) is 12.7. The average molecular weight is 484 g/mol. The number of anilines is 1. The third-order valence-electron chi connectivity index (χ3n) is 7.35. The number of aromatic nitrogens is 2. The van der Waals surface area contributed by atoms with E-state index in [0.29, 0.717) is 50.0 Å². The van der Waals surface area contributed by atoms with Gasteiger partial charge >= 0.3 is 0 Å². The zero-order valence-electron chi connectivity index (χ0n) is 20.5. The Labute approximate surface area is 206 Å². The number of rotatable bonds is 11. The van der Waals surface area contributed by atoms with Crippen molar-refractivity contribution in [1.29, 1.82) is 0 Å². The number of methoxy groups -OCH3 is 1. The fraction of sp³-hybridized carbons (Fsp3) is 0.593. The predicted octanol–water partition coefficient (Wildman–Crippen LogP) is 4.74. The van der Waals surface area contributed by atoms with Gasteiger partial charge in [-0.05, 0) is 55.2 Å². The van der Waals surface area contributed by atoms with Gasteiger partial charge in [0.05, 0.1) is 20.3 Å². The lowest BCUT2D eigenvalue weighted by Crippen LogP contribution is -2.32. The second-order valence-electron chi connectivity index (χ2n) is 10.2. The van der Waals surface area contributed by atoms with Crippen molar-refractivity contribution in [2.24, 2.45) is 11.8 Å². The van der Waals surface area contributed by atoms with Crippen LogP contribution in [-0.2, 0) is 4.79 Å². The second kappa shape index (κ2) is 10.4. The number of benzene rings is 1. The molecule has 1 aromatic carbocycles. The van der Waals surface area contributed by atoms with Gasteiger partial charge in [-0.2, -0.15) is 4.98 Å². The molecule has 2 heterocycles. The monoisotopic (exact) mass is 483 g/mol. The normalized spacial score (nSPS) is 24.5. The lowest BCUT2D eigenvalue weighted by molar-refractivity contribution is -0.127. The molecule has 3 aliphatic rings. The van der Waals surface area contributed by atoms with Crippen molar-refractivity contribution in [1.82, 2.24) is 9.97 Å². The van der Waals surface area contributed by atoms with E-state index in [4.69, 9.17) is 14.2 Å². The highest BCUT2D eigenvalue weighted by Crippen LogP contribution is 2.38. The zero-order valence-corrected chi connectivity index (χ0v) is 20.5. The van der Waals surface area contributed by atoms with E-state index >= 15 is 0 Å². The molecule has 1 aliphatic heterocycles. The number of nitrogens with zero attached hydrogens (tertiary/aromatic N) is 3. The molecule has 0 N–H and O–H groups in total. The van der Waals surface area contributed by atoms with Gasteiger partial charge in [-0.15, -0.1) is 0 Å². The predicted molar refractivity (Wildman–Crippen MR) is 130 cm³/mol. The van der Waals surface area contributed by atoms with Crippen molar-refractivity contribution < 1.29 is 23.4 Å². The van der Waals surface area contributed by atoms with E-state index in [2.05, 4.69) is 14.9 Å². The van der Waals surface area contributed by atoms with Crippen molar-refractivity contribution in [3.63, 3.8) is 0 Å². The largest absolute Gasteiger partial charge is 0.489 e. The summed E-state index contributed by atoms with van der Waals surface area (Å²) in [7, 11) is 1.62. The van der Waals surface area contributed by atoms with Crippen LogP contribution in [0.15, 0.2) is 30.6 Å². The summed E-state index contributed by atoms with van der Waals surface area (Å²) in [5.74, 6) is 3.45. The van der Waals surface area contributed by atoms with Crippen molar-refractivity contribution in [2.45, 2.75) is 63.6 Å². The Hall–Kier alpha value is -2.90. The molecule has 2 saturated carbocycles. The minimum atomic E-state index is -0.791. The molecule has 3 fully saturated rings. The van der Waals surface area contributed by atoms with E-state index < -0.39 is 6.17 Å². The fourth-order valence-electron chi connectivity index (χ4n) is 4.82. The summed E-state index contributed by atoms with van der Waals surface area (Å²) in [5, 5.41) is 0. The molecule has 2 aromatic rings. The fourth-order valence-corrected chi connectivity index (χ4v) is 4.82. The number of alkyl halides is 1. The molecule has 1 aromatic heterocycles. The molecular weight excluding hydrogens is 449 g/mol. The van der Waals surface area contributed by atoms with Crippen LogP contribution >= 0.6 is 0 Å². The van der Waals surface area contributed by atoms with Crippen LogP contribution in [-0.4, -0.2) is 54.8 Å². The van der Waals surface area contributed by atoms with E-state index in [1.165, 1.54) is 19.2 Å². The summed E-state index contributed by atoms with van der Waals surface area (Å²) in [6.07, 6.45) is 5.31. The molecule has 0 unspecified atom stereocenters. The number of ketones is 1. The maximum Gasteiger partial charge on any atom is 0.262 e. The molecule has 7 nitrogen and oxygen atoms in total. The third kappa shape index (κ3) is 5.68. The third-order valence-corrected chi connectivity index (χ3v) is 7.35. The molecule has 0 radical (unpaired) electrons. The SMILES string of the molecule is COc1c(OCC2CC2)ncnc1N1CC[C@@H](Oc2ccc([C@H](C)CC(=O)C3CC(F)C3)cc2)C1. The Kier molecular flexibility index (Phi) is 7.07. The maximum atomic E-state index is 13.0. The first-order valence-electron chi connectivity index (χ1n) is 12.7. The van der Waals surface area contributed by atoms with Gasteiger partial charge in [0.15, 0.2) is 5.82 Å². The molecule has 0 spiro atoms. The number of carbonyl (C=O) groups is 1. The van der Waals surface area contributed by atoms with Crippen molar-refractivity contribution in [3.05, 3.63) is 36.2 Å². The van der Waals surface area contributed by atoms with Crippen LogP contribution in [0.2, 0.25) is 0 Å². The van der Waals surface area contributed by atoms with Gasteiger partial charge in [0.1, 0.15) is 30.1 Å². The highest BCUT2D eigenvalue weighted by atomic mass is 19.1. The summed E-state index contributed by atoms with van der Waals surface area (Å²) in [6.45, 7) is 4.21. The highest BCUT2D eigenvalue weighted by molar-refractivity contribution is 5.82. The number of halogens is 1. The molecule has 2 atom stereocenters. The number of carbonyl (C=O) groups excluding carboxylic acids is 1. The molecule has 188 valence electrons. The smallest absolute Gasteiger partial charge is 0.262 e. The zero-order chi connectivity index (χ0) is 24.4. The van der Waals surface area contributed by atoms with Gasteiger partial charge in [-0.1, -0.05) is 19.1 Å². The van der Waals surface area contributed by atoms with Gasteiger partial charge in [0.2, 0.25) is 5.75 Å². The van der Waals surface area contributed by atoms with Crippen LogP contribution < -0.4 is 19.1 Å². The van der Waals surface area contributed by atoms with E-state index in [1.807, 2.05) is 31.2 Å². The topological polar surface area (TPSA) is 73.8 Å². The Bertz CT molecular complexity index is 1020. The Morgan fingerprint density at radius 1 is 1.17 bits per heavy atom. The Balaban J connectivity index is 1.15. The van der Waals surface area contributed by atoms with Crippen LogP contribution in [0.1, 0.15) is 56.9 Å². The second-order valence-corrected chi connectivity index (χ2v) is 10.2. The lowest BCUT2D eigenvalue weighted by Gasteiger charge is -2.29. The number of Topliss-reactive ketones (excluding diaryl/α,β-unsaturated/α-hetero) is 1. The maximum absolute atomic E-state index is 13.0. The first kappa shape index (κ1) is 23.8. The summed E-state index contributed by atoms with van der Waals surface area (Å²) < 4.78 is 30.8. The number of ether oxygens (including phenoxy) is 3. The molecular formula is C27H34FN3O4. The molecule has 2 aliphatic carbocycles. The van der Waals surface area contributed by atoms with Crippen molar-refractivity contribution >= 4 is 11.6 Å². The number of hydrogen-bond acceptors (Lipinski definition) is 7. The van der Waals surface area contributed by atoms with Gasteiger partial charge in [-0.25, -0.2) is 9.37 Å². The molecule has 5 rings (SSSR count). The van der Waals surface area contributed by atoms with E-state index in [9.17, 15) is 9.18 Å². The summed E-state index contributed by atoms with van der Waals surface area (Å²) in [5.41, 5.74) is 1.10. The molecule has 1 saturated heterocycles. The van der Waals surface area contributed by atoms with E-state index in [-0.39, 0.29) is 23.7 Å². The Morgan fingerprint density at radius 2 is 1.94 bits per heavy atom. The summed E-state index contributed by atoms with van der Waals surface area (Å²) in [6, 6.07) is 7.98. The molecule has 0 amide bonds. The molecule has 0 bridgehead atoms. The van der Waals surface area contributed by atoms with Gasteiger partial charge in [-0.3, -0.25) is 4.79 Å². The van der Waals surface area contributed by atoms with Gasteiger partial charge in [0, 0.05) is 25.3 Å². The average Bonchev–Trinajstić information content (AvgIpc) is 3.57. The van der Waals surface area contributed by atoms with E-state index in [0.717, 1.165) is 30.1 Å². The summed E-state index contributed by atoms with van der Waals surface area (Å²) in [4.78, 5) is 23.2. The Morgan fingerprint density at radius 3 is 2.63 bits per heavy atom. The van der Waals surface area contributed by atoms with Gasteiger partial charge in [0.25, 0.3) is 5.88 Å². The van der Waals surface area contributed by atoms with Crippen LogP contribution in [0.4, 0.5) is 10.2 Å². The highest BCUT2D eigenvalue weighted by Gasteiger charge is 2.35. The summed E-state index contributed by atoms with van der Waals surface area (Å²) >= 11 is 0. The molecule has 35 heavy (non-hydrogen) atoms. The minimum Gasteiger partial charge on any atom is -0.489 e. The molecule has 8 heteroatoms. The standard InChI is InChI=1S/C27H34FN3O4/c1-17(11-24(32)20-12-21(28)13-20)19-5-7-22(8-6-19)35-23-9-10-31(14-23)26-25(33-2)27(30-16-29-26)34-15-18-3-4-18/h5-8,16-18,20-21,23H,3-4,9-15H2,1-2H3/t17-,20?,21?,23-/m1/s1. The van der Waals surface area contributed by atoms with Gasteiger partial charge < -0.3 is 19.1 Å². The van der Waals surface area contributed by atoms with Crippen LogP contribution in [0.3, 0.4) is 0 Å². The number of hydrogen-bond donors (Lipinski definition) is 0. The van der Waals surface area contributed by atoms with Crippen molar-refractivity contribution in [2.75, 3.05) is 31.7 Å². The van der Waals surface area contributed by atoms with Crippen molar-refractivity contribution in [3.8, 4) is 17.4 Å². The quantitative estimate of drug-likeness (QED) is 0.457. The van der Waals surface area contributed by atoms with Crippen LogP contribution in [0.25, 0.3) is 0 Å². The minimum absolute atomic E-state index is 0.0302. The van der Waals surface area contributed by atoms with Crippen LogP contribution in [0, 0.1) is 11.8 Å².